The number of thiophene rings is 1. The molecular formula is C37H33F5N4O5S. The maximum Gasteiger partial charge on any atom is 0.490 e. The highest BCUT2D eigenvalue weighted by molar-refractivity contribution is 7.17. The minimum Gasteiger partial charge on any atom is -0.490 e. The number of carbonyl (C=O) groups excluding carboxylic acids is 1. The Hall–Kier alpha value is -5.15. The third-order valence-corrected chi connectivity index (χ3v) is 9.95. The quantitative estimate of drug-likeness (QED) is 0.0925. The summed E-state index contributed by atoms with van der Waals surface area (Å²) >= 11 is 1.49. The molecule has 1 saturated carbocycles. The fraction of sp³-hybridized carbons (Fsp3) is 0.297. The number of methoxy groups -OCH3 is 1. The van der Waals surface area contributed by atoms with E-state index in [1.54, 1.807) is 4.90 Å². The Labute approximate surface area is 298 Å². The summed E-state index contributed by atoms with van der Waals surface area (Å²) in [7, 11) is 1.54. The minimum absolute atomic E-state index is 0.0729. The Morgan fingerprint density at radius 3 is 2.46 bits per heavy atom. The van der Waals surface area contributed by atoms with Crippen LogP contribution in [0.3, 0.4) is 0 Å². The van der Waals surface area contributed by atoms with E-state index in [0.717, 1.165) is 34.0 Å². The van der Waals surface area contributed by atoms with Crippen LogP contribution in [0, 0.1) is 11.6 Å². The lowest BCUT2D eigenvalue weighted by Crippen LogP contribution is -2.40. The third kappa shape index (κ3) is 7.28. The fourth-order valence-electron chi connectivity index (χ4n) is 6.49. The van der Waals surface area contributed by atoms with Gasteiger partial charge in [-0.1, -0.05) is 36.9 Å². The van der Waals surface area contributed by atoms with Crippen molar-refractivity contribution in [2.24, 2.45) is 0 Å². The van der Waals surface area contributed by atoms with Crippen LogP contribution in [-0.2, 0) is 20.9 Å². The van der Waals surface area contributed by atoms with Crippen molar-refractivity contribution in [2.45, 2.75) is 43.9 Å². The van der Waals surface area contributed by atoms with E-state index >= 15 is 4.39 Å². The van der Waals surface area contributed by atoms with Crippen LogP contribution in [0.5, 0.6) is 5.75 Å². The summed E-state index contributed by atoms with van der Waals surface area (Å²) in [6.45, 7) is 6.96. The second-order valence-electron chi connectivity index (χ2n) is 12.2. The predicted octanol–water partition coefficient (Wildman–Crippen LogP) is 8.12. The summed E-state index contributed by atoms with van der Waals surface area (Å²) in [5.74, 6) is -3.81. The molecule has 9 nitrogen and oxygen atoms in total. The normalized spacial score (nSPS) is 18.0. The second kappa shape index (κ2) is 14.8. The van der Waals surface area contributed by atoms with E-state index in [9.17, 15) is 22.4 Å². The first-order valence-electron chi connectivity index (χ1n) is 16.2. The molecule has 272 valence electrons. The zero-order valence-corrected chi connectivity index (χ0v) is 28.8. The van der Waals surface area contributed by atoms with Gasteiger partial charge in [0.05, 0.1) is 36.1 Å². The number of ether oxygens (including phenoxy) is 2. The molecule has 0 radical (unpaired) electrons. The number of fused-ring (bicyclic) bond motifs is 2. The Kier molecular flexibility index (Phi) is 10.5. The van der Waals surface area contributed by atoms with Crippen molar-refractivity contribution in [1.82, 2.24) is 19.7 Å². The fourth-order valence-corrected chi connectivity index (χ4v) is 7.45. The lowest BCUT2D eigenvalue weighted by atomic mass is 9.96. The Morgan fingerprint density at radius 1 is 1.06 bits per heavy atom. The first kappa shape index (κ1) is 36.6. The molecule has 1 N–H and O–H groups in total. The van der Waals surface area contributed by atoms with E-state index in [4.69, 9.17) is 29.5 Å². The zero-order valence-electron chi connectivity index (χ0n) is 28.0. The summed E-state index contributed by atoms with van der Waals surface area (Å²) in [5, 5.41) is 15.0. The number of hydrogen-bond donors (Lipinski definition) is 1. The van der Waals surface area contributed by atoms with Gasteiger partial charge in [-0.15, -0.1) is 11.3 Å². The number of rotatable bonds is 9. The predicted molar refractivity (Wildman–Crippen MR) is 184 cm³/mol. The number of carboxylic acid groups (broad SMARTS) is 1. The van der Waals surface area contributed by atoms with Crippen molar-refractivity contribution in [1.29, 1.82) is 0 Å². The molecular weight excluding hydrogens is 707 g/mol. The molecule has 15 heteroatoms. The number of hydrogen-bond acceptors (Lipinski definition) is 7. The highest BCUT2D eigenvalue weighted by Gasteiger charge is 2.43. The summed E-state index contributed by atoms with van der Waals surface area (Å²) in [6, 6.07) is 16.2. The largest absolute Gasteiger partial charge is 0.490 e. The van der Waals surface area contributed by atoms with Crippen LogP contribution in [0.25, 0.3) is 32.6 Å². The topological polar surface area (TPSA) is 107 Å². The van der Waals surface area contributed by atoms with E-state index in [1.165, 1.54) is 36.2 Å². The number of nitrogens with zero attached hydrogens (tertiary/aromatic N) is 4. The number of benzene rings is 2. The van der Waals surface area contributed by atoms with E-state index in [1.807, 2.05) is 47.3 Å². The summed E-state index contributed by atoms with van der Waals surface area (Å²) in [6.07, 6.45) is -2.81. The van der Waals surface area contributed by atoms with Crippen molar-refractivity contribution >= 4 is 33.3 Å². The van der Waals surface area contributed by atoms with E-state index < -0.39 is 23.8 Å². The first-order valence-corrected chi connectivity index (χ1v) is 17.1. The van der Waals surface area contributed by atoms with Gasteiger partial charge in [-0.3, -0.25) is 9.48 Å². The molecule has 2 aliphatic rings. The molecule has 0 saturated heterocycles. The lowest BCUT2D eigenvalue weighted by Gasteiger charge is -2.33. The van der Waals surface area contributed by atoms with Crippen LogP contribution < -0.4 is 4.74 Å². The Morgan fingerprint density at radius 2 is 1.79 bits per heavy atom. The molecule has 1 amide bonds. The summed E-state index contributed by atoms with van der Waals surface area (Å²) in [4.78, 5) is 28.5. The number of halogens is 5. The average Bonchev–Trinajstić information content (AvgIpc) is 3.52. The average molecular weight is 741 g/mol. The van der Waals surface area contributed by atoms with Crippen LogP contribution >= 0.6 is 11.3 Å². The molecule has 0 bridgehead atoms. The molecule has 7 rings (SSSR count). The number of amides is 1. The van der Waals surface area contributed by atoms with Gasteiger partial charge in [0.2, 0.25) is 5.91 Å². The van der Waals surface area contributed by atoms with Crippen LogP contribution in [0.4, 0.5) is 22.0 Å². The van der Waals surface area contributed by atoms with Gasteiger partial charge in [-0.25, -0.2) is 18.6 Å². The SMILES string of the molecule is C=CC(=O)N1CCn2nc(-c3nc(C4CC4c4ccccc4)c4ccsc4c3-c3c(F)cc(F)cc3OCCOC)cc2[C@H]1C.O=C(O)C(F)(F)F. The number of alkyl halides is 3. The molecule has 1 fully saturated rings. The highest BCUT2D eigenvalue weighted by Crippen LogP contribution is 2.57. The van der Waals surface area contributed by atoms with Crippen LogP contribution in [-0.4, -0.2) is 69.7 Å². The highest BCUT2D eigenvalue weighted by atomic mass is 32.1. The van der Waals surface area contributed by atoms with Gasteiger partial charge in [0, 0.05) is 47.4 Å². The molecule has 4 heterocycles. The minimum atomic E-state index is -5.08. The molecule has 5 aromatic rings. The lowest BCUT2D eigenvalue weighted by molar-refractivity contribution is -0.192. The summed E-state index contributed by atoms with van der Waals surface area (Å²) in [5.41, 5.74) is 4.73. The molecule has 3 aromatic heterocycles. The standard InChI is InChI=1S/C35H32F2N4O3S.C2HF3O2/c1-4-30(42)40-11-12-41-28(20(40)2)19-27(39-41)34-32(31-26(37)16-22(36)17-29(31)44-14-13-43-3)35-23(10-15-45-35)33(38-34)25-18-24(25)21-8-6-5-7-9-21;3-2(4,5)1(6)7/h4-10,15-17,19-20,24-25H,1,11-14,18H2,2-3H3;(H,6,7)/t20-,24?,25?;/m1./s1. The monoisotopic (exact) mass is 740 g/mol. The van der Waals surface area contributed by atoms with Gasteiger partial charge in [0.1, 0.15) is 35.4 Å². The second-order valence-corrected chi connectivity index (χ2v) is 13.2. The number of carbonyl (C=O) groups is 2. The van der Waals surface area contributed by atoms with E-state index in [-0.39, 0.29) is 42.4 Å². The van der Waals surface area contributed by atoms with Gasteiger partial charge in [0.15, 0.2) is 0 Å². The van der Waals surface area contributed by atoms with E-state index in [2.05, 4.69) is 18.7 Å². The van der Waals surface area contributed by atoms with Crippen LogP contribution in [0.2, 0.25) is 0 Å². The third-order valence-electron chi connectivity index (χ3n) is 9.02. The van der Waals surface area contributed by atoms with Crippen LogP contribution in [0.15, 0.2) is 72.6 Å². The maximum atomic E-state index is 16.0. The number of pyridine rings is 1. The van der Waals surface area contributed by atoms with Crippen molar-refractivity contribution in [2.75, 3.05) is 26.9 Å². The zero-order chi connectivity index (χ0) is 37.3. The van der Waals surface area contributed by atoms with Crippen molar-refractivity contribution in [3.8, 4) is 28.3 Å². The molecule has 2 unspecified atom stereocenters. The van der Waals surface area contributed by atoms with Gasteiger partial charge >= 0.3 is 12.1 Å². The van der Waals surface area contributed by atoms with E-state index in [0.29, 0.717) is 36.0 Å². The smallest absolute Gasteiger partial charge is 0.490 e. The van der Waals surface area contributed by atoms with Gasteiger partial charge in [-0.05, 0) is 48.4 Å². The maximum absolute atomic E-state index is 16.0. The van der Waals surface area contributed by atoms with Crippen LogP contribution in [0.1, 0.15) is 48.2 Å². The molecule has 52 heavy (non-hydrogen) atoms. The molecule has 3 atom stereocenters. The van der Waals surface area contributed by atoms with Gasteiger partial charge in [-0.2, -0.15) is 18.3 Å². The Balaban J connectivity index is 0.000000604. The molecule has 2 aromatic carbocycles. The molecule has 0 spiro atoms. The number of aromatic nitrogens is 3. The Bertz CT molecular complexity index is 2130. The number of carboxylic acids is 1. The molecule has 1 aliphatic carbocycles. The molecule has 1 aliphatic heterocycles. The number of aliphatic carboxylic acids is 1. The van der Waals surface area contributed by atoms with Crippen molar-refractivity contribution < 1.29 is 46.1 Å². The van der Waals surface area contributed by atoms with Crippen molar-refractivity contribution in [3.05, 3.63) is 101 Å². The summed E-state index contributed by atoms with van der Waals surface area (Å²) < 4.78 is 76.1. The van der Waals surface area contributed by atoms with Crippen molar-refractivity contribution in [3.63, 3.8) is 0 Å². The van der Waals surface area contributed by atoms with Gasteiger partial charge < -0.3 is 19.5 Å². The first-order chi connectivity index (χ1) is 24.8. The van der Waals surface area contributed by atoms with Gasteiger partial charge in [0.25, 0.3) is 0 Å².